The van der Waals surface area contributed by atoms with E-state index in [0.29, 0.717) is 6.54 Å². The van der Waals surface area contributed by atoms with Gasteiger partial charge in [-0.3, -0.25) is 0 Å². The third-order valence-electron chi connectivity index (χ3n) is 3.83. The minimum absolute atomic E-state index is 0.0203. The molecule has 0 amide bonds. The zero-order chi connectivity index (χ0) is 15.3. The first kappa shape index (κ1) is 16.4. The van der Waals surface area contributed by atoms with Crippen molar-refractivity contribution in [3.8, 4) is 0 Å². The van der Waals surface area contributed by atoms with E-state index in [9.17, 15) is 8.42 Å². The second-order valence-corrected chi connectivity index (χ2v) is 7.39. The standard InChI is InChI=1S/C15H24N2O3S/c1-12-15(6-7-20-12)10-17-21(18,19)11-14-5-3-4-13(8-14)9-16-2/h3-5,8,12,15-17H,6-7,9-11H2,1-2H3. The van der Waals surface area contributed by atoms with Crippen molar-refractivity contribution in [3.63, 3.8) is 0 Å². The van der Waals surface area contributed by atoms with Gasteiger partial charge in [0.05, 0.1) is 11.9 Å². The molecule has 0 aromatic heterocycles. The molecule has 2 N–H and O–H groups in total. The summed E-state index contributed by atoms with van der Waals surface area (Å²) in [5.41, 5.74) is 1.90. The van der Waals surface area contributed by atoms with Crippen molar-refractivity contribution in [2.75, 3.05) is 20.2 Å². The summed E-state index contributed by atoms with van der Waals surface area (Å²) in [6.45, 7) is 3.91. The number of nitrogens with one attached hydrogen (secondary N) is 2. The number of rotatable bonds is 7. The first-order chi connectivity index (χ1) is 10.00. The van der Waals surface area contributed by atoms with E-state index in [1.807, 2.05) is 38.2 Å². The lowest BCUT2D eigenvalue weighted by Gasteiger charge is -2.15. The predicted octanol–water partition coefficient (Wildman–Crippen LogP) is 1.25. The van der Waals surface area contributed by atoms with Gasteiger partial charge in [0.15, 0.2) is 0 Å². The molecule has 1 aliphatic rings. The van der Waals surface area contributed by atoms with Crippen molar-refractivity contribution in [3.05, 3.63) is 35.4 Å². The van der Waals surface area contributed by atoms with E-state index in [1.54, 1.807) is 0 Å². The zero-order valence-corrected chi connectivity index (χ0v) is 13.4. The maximum atomic E-state index is 12.2. The molecule has 1 fully saturated rings. The van der Waals surface area contributed by atoms with Crippen LogP contribution in [0.25, 0.3) is 0 Å². The summed E-state index contributed by atoms with van der Waals surface area (Å²) in [4.78, 5) is 0. The van der Waals surface area contributed by atoms with E-state index in [4.69, 9.17) is 4.74 Å². The highest BCUT2D eigenvalue weighted by Crippen LogP contribution is 2.19. The van der Waals surface area contributed by atoms with Gasteiger partial charge in [-0.1, -0.05) is 24.3 Å². The Morgan fingerprint density at radius 2 is 2.10 bits per heavy atom. The molecule has 1 heterocycles. The Balaban J connectivity index is 1.92. The number of sulfonamides is 1. The smallest absolute Gasteiger partial charge is 0.215 e. The van der Waals surface area contributed by atoms with Crippen LogP contribution in [0.5, 0.6) is 0 Å². The Morgan fingerprint density at radius 1 is 1.33 bits per heavy atom. The number of ether oxygens (including phenoxy) is 1. The molecule has 5 nitrogen and oxygen atoms in total. The van der Waals surface area contributed by atoms with Gasteiger partial charge in [0, 0.05) is 25.6 Å². The van der Waals surface area contributed by atoms with Crippen LogP contribution in [0.15, 0.2) is 24.3 Å². The molecule has 1 aliphatic heterocycles. The minimum atomic E-state index is -3.30. The van der Waals surface area contributed by atoms with Crippen molar-refractivity contribution in [1.82, 2.24) is 10.0 Å². The Hall–Kier alpha value is -0.950. The van der Waals surface area contributed by atoms with Crippen molar-refractivity contribution >= 4 is 10.0 Å². The molecule has 118 valence electrons. The molecular formula is C15H24N2O3S. The van der Waals surface area contributed by atoms with Crippen LogP contribution in [0.1, 0.15) is 24.5 Å². The van der Waals surface area contributed by atoms with Crippen LogP contribution in [-0.4, -0.2) is 34.7 Å². The molecule has 0 spiro atoms. The van der Waals surface area contributed by atoms with Crippen molar-refractivity contribution < 1.29 is 13.2 Å². The lowest BCUT2D eigenvalue weighted by atomic mass is 10.0. The Kier molecular flexibility index (Phi) is 5.75. The molecule has 0 aliphatic carbocycles. The fourth-order valence-corrected chi connectivity index (χ4v) is 3.77. The molecule has 2 atom stereocenters. The summed E-state index contributed by atoms with van der Waals surface area (Å²) in [5, 5.41) is 3.06. The average Bonchev–Trinajstić information content (AvgIpc) is 2.82. The third kappa shape index (κ3) is 5.07. The normalized spacial score (nSPS) is 22.6. The summed E-state index contributed by atoms with van der Waals surface area (Å²) >= 11 is 0. The van der Waals surface area contributed by atoms with Gasteiger partial charge < -0.3 is 10.1 Å². The lowest BCUT2D eigenvalue weighted by molar-refractivity contribution is 0.107. The molecule has 1 saturated heterocycles. The fourth-order valence-electron chi connectivity index (χ4n) is 2.58. The summed E-state index contributed by atoms with van der Waals surface area (Å²) in [7, 11) is -1.43. The van der Waals surface area contributed by atoms with Crippen LogP contribution < -0.4 is 10.0 Å². The minimum Gasteiger partial charge on any atom is -0.378 e. The molecule has 2 rings (SSSR count). The summed E-state index contributed by atoms with van der Waals surface area (Å²) < 4.78 is 32.5. The van der Waals surface area contributed by atoms with Crippen molar-refractivity contribution in [2.24, 2.45) is 5.92 Å². The molecular weight excluding hydrogens is 288 g/mol. The topological polar surface area (TPSA) is 67.4 Å². The van der Waals surface area contributed by atoms with Crippen LogP contribution in [-0.2, 0) is 27.1 Å². The molecule has 0 saturated carbocycles. The van der Waals surface area contributed by atoms with Crippen LogP contribution in [0, 0.1) is 5.92 Å². The van der Waals surface area contributed by atoms with Crippen LogP contribution in [0.3, 0.4) is 0 Å². The molecule has 1 aromatic carbocycles. The zero-order valence-electron chi connectivity index (χ0n) is 12.6. The summed E-state index contributed by atoms with van der Waals surface area (Å²) in [5.74, 6) is 0.294. The molecule has 21 heavy (non-hydrogen) atoms. The van der Waals surface area contributed by atoms with E-state index in [1.165, 1.54) is 0 Å². The van der Waals surface area contributed by atoms with Gasteiger partial charge in [-0.15, -0.1) is 0 Å². The van der Waals surface area contributed by atoms with E-state index in [0.717, 1.165) is 30.7 Å². The van der Waals surface area contributed by atoms with Gasteiger partial charge in [-0.05, 0) is 31.5 Å². The van der Waals surface area contributed by atoms with Gasteiger partial charge in [0.1, 0.15) is 0 Å². The molecule has 0 bridgehead atoms. The maximum Gasteiger partial charge on any atom is 0.215 e. The molecule has 2 unspecified atom stereocenters. The predicted molar refractivity (Wildman–Crippen MR) is 83.4 cm³/mol. The van der Waals surface area contributed by atoms with E-state index < -0.39 is 10.0 Å². The van der Waals surface area contributed by atoms with Gasteiger partial charge in [-0.2, -0.15) is 0 Å². The van der Waals surface area contributed by atoms with Gasteiger partial charge >= 0.3 is 0 Å². The monoisotopic (exact) mass is 312 g/mol. The molecule has 0 radical (unpaired) electrons. The van der Waals surface area contributed by atoms with E-state index >= 15 is 0 Å². The Morgan fingerprint density at radius 3 is 2.76 bits per heavy atom. The van der Waals surface area contributed by atoms with E-state index in [-0.39, 0.29) is 17.8 Å². The van der Waals surface area contributed by atoms with Gasteiger partial charge in [0.25, 0.3) is 0 Å². The fraction of sp³-hybridized carbons (Fsp3) is 0.600. The first-order valence-electron chi connectivity index (χ1n) is 7.31. The summed E-state index contributed by atoms with van der Waals surface area (Å²) in [6, 6.07) is 7.65. The highest BCUT2D eigenvalue weighted by molar-refractivity contribution is 7.88. The van der Waals surface area contributed by atoms with Crippen LogP contribution in [0.2, 0.25) is 0 Å². The Bertz CT molecular complexity index is 560. The Labute approximate surface area is 127 Å². The number of hydrogen-bond donors (Lipinski definition) is 2. The van der Waals surface area contributed by atoms with Gasteiger partial charge in [-0.25, -0.2) is 13.1 Å². The van der Waals surface area contributed by atoms with Crippen LogP contribution in [0.4, 0.5) is 0 Å². The number of hydrogen-bond acceptors (Lipinski definition) is 4. The van der Waals surface area contributed by atoms with Crippen LogP contribution >= 0.6 is 0 Å². The highest BCUT2D eigenvalue weighted by Gasteiger charge is 2.25. The number of benzene rings is 1. The largest absolute Gasteiger partial charge is 0.378 e. The second-order valence-electron chi connectivity index (χ2n) is 5.58. The van der Waals surface area contributed by atoms with Crippen molar-refractivity contribution in [2.45, 2.75) is 31.7 Å². The lowest BCUT2D eigenvalue weighted by Crippen LogP contribution is -2.32. The average molecular weight is 312 g/mol. The molecule has 1 aromatic rings. The van der Waals surface area contributed by atoms with E-state index in [2.05, 4.69) is 10.0 Å². The highest BCUT2D eigenvalue weighted by atomic mass is 32.2. The third-order valence-corrected chi connectivity index (χ3v) is 5.15. The SMILES string of the molecule is CNCc1cccc(CS(=O)(=O)NCC2CCOC2C)c1. The summed E-state index contributed by atoms with van der Waals surface area (Å²) in [6.07, 6.45) is 1.05. The first-order valence-corrected chi connectivity index (χ1v) is 8.97. The second kappa shape index (κ2) is 7.35. The van der Waals surface area contributed by atoms with Gasteiger partial charge in [0.2, 0.25) is 10.0 Å². The van der Waals surface area contributed by atoms with Crippen molar-refractivity contribution in [1.29, 1.82) is 0 Å². The molecule has 6 heteroatoms. The maximum absolute atomic E-state index is 12.2. The quantitative estimate of drug-likeness (QED) is 0.795.